The molecule has 1 heterocycles. The van der Waals surface area contributed by atoms with Crippen molar-refractivity contribution in [2.45, 2.75) is 26.1 Å². The van der Waals surface area contributed by atoms with Crippen molar-refractivity contribution in [3.05, 3.63) is 57.5 Å². The third kappa shape index (κ3) is 2.36. The fourth-order valence-corrected chi connectivity index (χ4v) is 2.61. The van der Waals surface area contributed by atoms with Gasteiger partial charge in [-0.2, -0.15) is 0 Å². The molecule has 0 amide bonds. The Morgan fingerprint density at radius 1 is 1.06 bits per heavy atom. The summed E-state index contributed by atoms with van der Waals surface area (Å²) in [5.41, 5.74) is 4.26. The molecule has 1 aromatic carbocycles. The normalized spacial score (nSPS) is 12.8. The Hall–Kier alpha value is -0.920. The smallest absolute Gasteiger partial charge is 0.105 e. The van der Waals surface area contributed by atoms with Crippen molar-refractivity contribution in [3.8, 4) is 0 Å². The highest BCUT2D eigenvalue weighted by Gasteiger charge is 2.18. The number of alkyl halides is 1. The lowest BCUT2D eigenvalue weighted by atomic mass is 10.0. The average Bonchev–Trinajstić information content (AvgIpc) is 2.69. The van der Waals surface area contributed by atoms with Crippen molar-refractivity contribution in [1.29, 1.82) is 0 Å². The second-order valence-electron chi connectivity index (χ2n) is 4.25. The molecule has 0 saturated heterocycles. The van der Waals surface area contributed by atoms with E-state index in [2.05, 4.69) is 6.92 Å². The molecule has 0 spiro atoms. The Morgan fingerprint density at radius 3 is 2.29 bits per heavy atom. The first-order valence-corrected chi connectivity index (χ1v) is 6.27. The highest BCUT2D eigenvalue weighted by Crippen LogP contribution is 2.36. The molecule has 0 saturated carbocycles. The molecule has 1 atom stereocenters. The molecule has 2 aromatic rings. The van der Waals surface area contributed by atoms with Crippen LogP contribution in [0.4, 0.5) is 0 Å². The van der Waals surface area contributed by atoms with Crippen LogP contribution in [-0.2, 0) is 0 Å². The molecule has 0 N–H and O–H groups in total. The van der Waals surface area contributed by atoms with Gasteiger partial charge in [-0.15, -0.1) is 11.6 Å². The Morgan fingerprint density at radius 2 is 1.71 bits per heavy atom. The third-order valence-electron chi connectivity index (χ3n) is 3.06. The minimum Gasteiger partial charge on any atom is -0.469 e. The molecule has 1 nitrogen and oxygen atoms in total. The van der Waals surface area contributed by atoms with Gasteiger partial charge in [-0.05, 0) is 49.6 Å². The van der Waals surface area contributed by atoms with Gasteiger partial charge in [-0.1, -0.05) is 17.7 Å². The number of benzene rings is 1. The zero-order valence-electron chi connectivity index (χ0n) is 10.1. The van der Waals surface area contributed by atoms with Gasteiger partial charge in [0.1, 0.15) is 5.76 Å². The molecule has 1 unspecified atom stereocenters. The monoisotopic (exact) mass is 268 g/mol. The molecule has 0 aliphatic rings. The Kier molecular flexibility index (Phi) is 3.50. The van der Waals surface area contributed by atoms with Crippen molar-refractivity contribution in [2.24, 2.45) is 0 Å². The van der Waals surface area contributed by atoms with Gasteiger partial charge in [-0.25, -0.2) is 0 Å². The Bertz CT molecular complexity index is 543. The van der Waals surface area contributed by atoms with E-state index in [0.717, 1.165) is 16.9 Å². The van der Waals surface area contributed by atoms with Crippen molar-refractivity contribution in [1.82, 2.24) is 0 Å². The molecule has 3 heteroatoms. The lowest BCUT2D eigenvalue weighted by Crippen LogP contribution is -1.96. The van der Waals surface area contributed by atoms with E-state index in [1.807, 2.05) is 32.0 Å². The molecule has 2 rings (SSSR count). The van der Waals surface area contributed by atoms with Crippen molar-refractivity contribution >= 4 is 23.2 Å². The standard InChI is InChI=1S/C14H14Cl2O/c1-8-6-12(13(15)7-9(8)2)14(16)11-4-5-17-10(11)3/h4-7,14H,1-3H3. The van der Waals surface area contributed by atoms with Gasteiger partial charge in [0.25, 0.3) is 0 Å². The van der Waals surface area contributed by atoms with Gasteiger partial charge in [0, 0.05) is 10.6 Å². The second-order valence-corrected chi connectivity index (χ2v) is 5.10. The lowest BCUT2D eigenvalue weighted by molar-refractivity contribution is 0.530. The Balaban J connectivity index is 2.48. The summed E-state index contributed by atoms with van der Waals surface area (Å²) in [4.78, 5) is 0. The molecule has 0 bridgehead atoms. The van der Waals surface area contributed by atoms with E-state index in [1.165, 1.54) is 11.1 Å². The van der Waals surface area contributed by atoms with E-state index in [0.29, 0.717) is 5.02 Å². The number of furan rings is 1. The summed E-state index contributed by atoms with van der Waals surface area (Å²) in [7, 11) is 0. The first-order valence-electron chi connectivity index (χ1n) is 5.45. The van der Waals surface area contributed by atoms with Crippen molar-refractivity contribution in [3.63, 3.8) is 0 Å². The second kappa shape index (κ2) is 4.75. The SMILES string of the molecule is Cc1cc(Cl)c(C(Cl)c2ccoc2C)cc1C. The largest absolute Gasteiger partial charge is 0.469 e. The summed E-state index contributed by atoms with van der Waals surface area (Å²) in [5, 5.41) is 0.439. The van der Waals surface area contributed by atoms with E-state index in [1.54, 1.807) is 6.26 Å². The quantitative estimate of drug-likeness (QED) is 0.684. The molecule has 17 heavy (non-hydrogen) atoms. The highest BCUT2D eigenvalue weighted by atomic mass is 35.5. The summed E-state index contributed by atoms with van der Waals surface area (Å²) in [6.07, 6.45) is 1.65. The fraction of sp³-hybridized carbons (Fsp3) is 0.286. The lowest BCUT2D eigenvalue weighted by Gasteiger charge is -2.13. The van der Waals surface area contributed by atoms with Crippen LogP contribution in [0.15, 0.2) is 28.9 Å². The summed E-state index contributed by atoms with van der Waals surface area (Å²) >= 11 is 12.7. The van der Waals surface area contributed by atoms with Gasteiger partial charge in [0.2, 0.25) is 0 Å². The summed E-state index contributed by atoms with van der Waals surface area (Å²) in [6, 6.07) is 5.89. The maximum atomic E-state index is 6.46. The number of rotatable bonds is 2. The predicted octanol–water partition coefficient (Wildman–Crippen LogP) is 5.19. The number of hydrogen-bond donors (Lipinski definition) is 0. The summed E-state index contributed by atoms with van der Waals surface area (Å²) in [5.74, 6) is 0.833. The number of halogens is 2. The van der Waals surface area contributed by atoms with Crippen LogP contribution in [0.25, 0.3) is 0 Å². The van der Waals surface area contributed by atoms with E-state index >= 15 is 0 Å². The molecule has 90 valence electrons. The first-order chi connectivity index (χ1) is 8.00. The predicted molar refractivity (Wildman–Crippen MR) is 72.1 cm³/mol. The maximum Gasteiger partial charge on any atom is 0.105 e. The molecule has 0 radical (unpaired) electrons. The van der Waals surface area contributed by atoms with Crippen LogP contribution in [-0.4, -0.2) is 0 Å². The fourth-order valence-electron chi connectivity index (χ4n) is 1.82. The molecule has 0 aliphatic carbocycles. The van der Waals surface area contributed by atoms with E-state index in [4.69, 9.17) is 27.6 Å². The number of aryl methyl sites for hydroxylation is 3. The van der Waals surface area contributed by atoms with Crippen LogP contribution in [0.1, 0.15) is 33.4 Å². The molecule has 0 fully saturated rings. The van der Waals surface area contributed by atoms with E-state index < -0.39 is 0 Å². The Labute approximate surface area is 111 Å². The number of hydrogen-bond acceptors (Lipinski definition) is 1. The third-order valence-corrected chi connectivity index (χ3v) is 3.86. The van der Waals surface area contributed by atoms with Gasteiger partial charge >= 0.3 is 0 Å². The zero-order chi connectivity index (χ0) is 12.6. The van der Waals surface area contributed by atoms with Crippen LogP contribution in [0.2, 0.25) is 5.02 Å². The first kappa shape index (κ1) is 12.5. The molecular formula is C14H14Cl2O. The maximum absolute atomic E-state index is 6.46. The van der Waals surface area contributed by atoms with Crippen LogP contribution >= 0.6 is 23.2 Å². The zero-order valence-corrected chi connectivity index (χ0v) is 11.6. The summed E-state index contributed by atoms with van der Waals surface area (Å²) in [6.45, 7) is 6.00. The van der Waals surface area contributed by atoms with Crippen LogP contribution < -0.4 is 0 Å². The molecule has 1 aromatic heterocycles. The van der Waals surface area contributed by atoms with Gasteiger partial charge in [0.15, 0.2) is 0 Å². The van der Waals surface area contributed by atoms with Crippen LogP contribution in [0.5, 0.6) is 0 Å². The molecular weight excluding hydrogens is 255 g/mol. The van der Waals surface area contributed by atoms with E-state index in [-0.39, 0.29) is 5.38 Å². The van der Waals surface area contributed by atoms with Gasteiger partial charge in [0.05, 0.1) is 11.6 Å². The minimum atomic E-state index is -0.263. The van der Waals surface area contributed by atoms with Crippen LogP contribution in [0, 0.1) is 20.8 Å². The van der Waals surface area contributed by atoms with Crippen molar-refractivity contribution < 1.29 is 4.42 Å². The highest BCUT2D eigenvalue weighted by molar-refractivity contribution is 6.33. The average molecular weight is 269 g/mol. The minimum absolute atomic E-state index is 0.263. The van der Waals surface area contributed by atoms with Gasteiger partial charge < -0.3 is 4.42 Å². The van der Waals surface area contributed by atoms with Crippen molar-refractivity contribution in [2.75, 3.05) is 0 Å². The van der Waals surface area contributed by atoms with Gasteiger partial charge in [-0.3, -0.25) is 0 Å². The van der Waals surface area contributed by atoms with E-state index in [9.17, 15) is 0 Å². The topological polar surface area (TPSA) is 13.1 Å². The molecule has 0 aliphatic heterocycles. The summed E-state index contributed by atoms with van der Waals surface area (Å²) < 4.78 is 5.27. The van der Waals surface area contributed by atoms with Crippen LogP contribution in [0.3, 0.4) is 0 Å².